The molecule has 0 aliphatic heterocycles. The maximum Gasteiger partial charge on any atom is 0.272 e. The van der Waals surface area contributed by atoms with Crippen LogP contribution in [0.15, 0.2) is 42.5 Å². The number of carbonyl (C=O) groups is 2. The molecule has 126 valence electrons. The highest BCUT2D eigenvalue weighted by molar-refractivity contribution is 6.09. The SMILES string of the molecule is C#CCNC(=O)c1ccccc1NC(=O)c1ccc([N+](=O)[O-])c(C)c1. The summed E-state index contributed by atoms with van der Waals surface area (Å²) in [6.07, 6.45) is 5.11. The van der Waals surface area contributed by atoms with E-state index in [9.17, 15) is 19.7 Å². The highest BCUT2D eigenvalue weighted by Crippen LogP contribution is 2.21. The highest BCUT2D eigenvalue weighted by Gasteiger charge is 2.16. The van der Waals surface area contributed by atoms with Crippen molar-refractivity contribution in [3.8, 4) is 12.3 Å². The fourth-order valence-electron chi connectivity index (χ4n) is 2.21. The molecule has 0 spiro atoms. The van der Waals surface area contributed by atoms with Gasteiger partial charge in [-0.25, -0.2) is 0 Å². The van der Waals surface area contributed by atoms with E-state index < -0.39 is 16.7 Å². The molecule has 0 aromatic heterocycles. The van der Waals surface area contributed by atoms with Gasteiger partial charge in [-0.15, -0.1) is 6.42 Å². The molecule has 0 saturated heterocycles. The second kappa shape index (κ2) is 7.75. The van der Waals surface area contributed by atoms with Crippen LogP contribution in [0.2, 0.25) is 0 Å². The van der Waals surface area contributed by atoms with Gasteiger partial charge in [-0.1, -0.05) is 18.1 Å². The lowest BCUT2D eigenvalue weighted by Gasteiger charge is -2.11. The number of anilines is 1. The number of nitro groups is 1. The Bertz CT molecular complexity index is 884. The predicted octanol–water partition coefficient (Wildman–Crippen LogP) is 2.52. The van der Waals surface area contributed by atoms with Gasteiger partial charge >= 0.3 is 0 Å². The number of rotatable bonds is 5. The van der Waals surface area contributed by atoms with Gasteiger partial charge in [0, 0.05) is 17.2 Å². The number of benzene rings is 2. The Labute approximate surface area is 144 Å². The third-order valence-corrected chi connectivity index (χ3v) is 3.43. The van der Waals surface area contributed by atoms with Crippen LogP contribution in [0.4, 0.5) is 11.4 Å². The van der Waals surface area contributed by atoms with Crippen LogP contribution in [-0.2, 0) is 0 Å². The summed E-state index contributed by atoms with van der Waals surface area (Å²) in [5.74, 6) is 1.42. The molecule has 0 bridgehead atoms. The van der Waals surface area contributed by atoms with Gasteiger partial charge in [-0.05, 0) is 31.2 Å². The van der Waals surface area contributed by atoms with E-state index in [-0.39, 0.29) is 23.4 Å². The van der Waals surface area contributed by atoms with Crippen molar-refractivity contribution in [3.05, 3.63) is 69.3 Å². The van der Waals surface area contributed by atoms with Gasteiger partial charge in [0.15, 0.2) is 0 Å². The lowest BCUT2D eigenvalue weighted by atomic mass is 10.1. The molecular formula is C18H15N3O4. The molecule has 2 aromatic carbocycles. The van der Waals surface area contributed by atoms with Crippen LogP contribution in [0.1, 0.15) is 26.3 Å². The van der Waals surface area contributed by atoms with Gasteiger partial charge in [0.2, 0.25) is 0 Å². The minimum atomic E-state index is -0.512. The van der Waals surface area contributed by atoms with Crippen molar-refractivity contribution < 1.29 is 14.5 Å². The number of amides is 2. The largest absolute Gasteiger partial charge is 0.341 e. The molecule has 7 heteroatoms. The molecule has 2 N–H and O–H groups in total. The van der Waals surface area contributed by atoms with Crippen molar-refractivity contribution in [3.63, 3.8) is 0 Å². The number of nitrogens with zero attached hydrogens (tertiary/aromatic N) is 1. The fourth-order valence-corrected chi connectivity index (χ4v) is 2.21. The van der Waals surface area contributed by atoms with E-state index in [1.807, 2.05) is 0 Å². The molecule has 7 nitrogen and oxygen atoms in total. The summed E-state index contributed by atoms with van der Waals surface area (Å²) in [5.41, 5.74) is 1.15. The molecule has 0 aliphatic carbocycles. The average Bonchev–Trinajstić information content (AvgIpc) is 2.59. The van der Waals surface area contributed by atoms with Crippen molar-refractivity contribution >= 4 is 23.2 Å². The van der Waals surface area contributed by atoms with Gasteiger partial charge in [-0.3, -0.25) is 19.7 Å². The number of nitrogens with one attached hydrogen (secondary N) is 2. The third-order valence-electron chi connectivity index (χ3n) is 3.43. The first-order valence-electron chi connectivity index (χ1n) is 7.31. The van der Waals surface area contributed by atoms with E-state index in [0.29, 0.717) is 11.3 Å². The average molecular weight is 337 g/mol. The van der Waals surface area contributed by atoms with Crippen LogP contribution in [0, 0.1) is 29.4 Å². The third kappa shape index (κ3) is 4.20. The number of para-hydroxylation sites is 1. The van der Waals surface area contributed by atoms with Crippen LogP contribution < -0.4 is 10.6 Å². The Morgan fingerprint density at radius 1 is 1.20 bits per heavy atom. The summed E-state index contributed by atoms with van der Waals surface area (Å²) in [7, 11) is 0. The van der Waals surface area contributed by atoms with E-state index in [2.05, 4.69) is 16.6 Å². The minimum Gasteiger partial charge on any atom is -0.341 e. The first kappa shape index (κ1) is 17.7. The summed E-state index contributed by atoms with van der Waals surface area (Å²) >= 11 is 0. The Balaban J connectivity index is 2.24. The molecule has 0 atom stereocenters. The van der Waals surface area contributed by atoms with Crippen molar-refractivity contribution in [1.82, 2.24) is 5.32 Å². The number of aryl methyl sites for hydroxylation is 1. The zero-order valence-electron chi connectivity index (χ0n) is 13.4. The van der Waals surface area contributed by atoms with Crippen molar-refractivity contribution in [2.45, 2.75) is 6.92 Å². The van der Waals surface area contributed by atoms with Crippen LogP contribution in [0.3, 0.4) is 0 Å². The zero-order valence-corrected chi connectivity index (χ0v) is 13.4. The van der Waals surface area contributed by atoms with Gasteiger partial charge in [0.1, 0.15) is 0 Å². The highest BCUT2D eigenvalue weighted by atomic mass is 16.6. The summed E-state index contributed by atoms with van der Waals surface area (Å²) in [5, 5.41) is 16.0. The topological polar surface area (TPSA) is 101 Å². The van der Waals surface area contributed by atoms with Crippen LogP contribution in [0.25, 0.3) is 0 Å². The van der Waals surface area contributed by atoms with E-state index in [4.69, 9.17) is 6.42 Å². The van der Waals surface area contributed by atoms with Crippen LogP contribution >= 0.6 is 0 Å². The van der Waals surface area contributed by atoms with Gasteiger partial charge in [0.05, 0.1) is 22.7 Å². The van der Waals surface area contributed by atoms with E-state index in [1.54, 1.807) is 31.2 Å². The maximum absolute atomic E-state index is 12.4. The summed E-state index contributed by atoms with van der Waals surface area (Å²) in [6, 6.07) is 10.5. The summed E-state index contributed by atoms with van der Waals surface area (Å²) in [4.78, 5) is 34.8. The molecule has 25 heavy (non-hydrogen) atoms. The van der Waals surface area contributed by atoms with Crippen molar-refractivity contribution in [2.24, 2.45) is 0 Å². The normalized spacial score (nSPS) is 9.76. The Hall–Kier alpha value is -3.66. The molecule has 0 heterocycles. The summed E-state index contributed by atoms with van der Waals surface area (Å²) < 4.78 is 0. The standard InChI is InChI=1S/C18H15N3O4/c1-3-10-19-18(23)14-6-4-5-7-15(14)20-17(22)13-8-9-16(21(24)25)12(2)11-13/h1,4-9,11H,10H2,2H3,(H,19,23)(H,20,22). The van der Waals surface area contributed by atoms with E-state index in [0.717, 1.165) is 0 Å². The number of nitro benzene ring substituents is 1. The Morgan fingerprint density at radius 2 is 1.92 bits per heavy atom. The molecular weight excluding hydrogens is 322 g/mol. The minimum absolute atomic E-state index is 0.0642. The fraction of sp³-hybridized carbons (Fsp3) is 0.111. The Kier molecular flexibility index (Phi) is 5.48. The molecule has 0 radical (unpaired) electrons. The molecule has 2 amide bonds. The number of terminal acetylenes is 1. The molecule has 2 aromatic rings. The van der Waals surface area contributed by atoms with Crippen LogP contribution in [0.5, 0.6) is 0 Å². The summed E-state index contributed by atoms with van der Waals surface area (Å²) in [6.45, 7) is 1.62. The quantitative estimate of drug-likeness (QED) is 0.497. The Morgan fingerprint density at radius 3 is 2.56 bits per heavy atom. The molecule has 2 rings (SSSR count). The maximum atomic E-state index is 12.4. The van der Waals surface area contributed by atoms with E-state index >= 15 is 0 Å². The van der Waals surface area contributed by atoms with Gasteiger partial charge in [-0.2, -0.15) is 0 Å². The zero-order chi connectivity index (χ0) is 18.4. The first-order valence-corrected chi connectivity index (χ1v) is 7.31. The van der Waals surface area contributed by atoms with E-state index in [1.165, 1.54) is 18.2 Å². The molecule has 0 saturated carbocycles. The van der Waals surface area contributed by atoms with Gasteiger partial charge < -0.3 is 10.6 Å². The lowest BCUT2D eigenvalue weighted by molar-refractivity contribution is -0.385. The van der Waals surface area contributed by atoms with Crippen molar-refractivity contribution in [2.75, 3.05) is 11.9 Å². The molecule has 0 aliphatic rings. The number of hydrogen-bond acceptors (Lipinski definition) is 4. The smallest absolute Gasteiger partial charge is 0.272 e. The number of hydrogen-bond donors (Lipinski definition) is 2. The first-order chi connectivity index (χ1) is 11.9. The van der Waals surface area contributed by atoms with Crippen LogP contribution in [-0.4, -0.2) is 23.3 Å². The lowest BCUT2D eigenvalue weighted by Crippen LogP contribution is -2.25. The second-order valence-corrected chi connectivity index (χ2v) is 5.14. The molecule has 0 unspecified atom stereocenters. The molecule has 0 fully saturated rings. The van der Waals surface area contributed by atoms with Gasteiger partial charge in [0.25, 0.3) is 17.5 Å². The van der Waals surface area contributed by atoms with Crippen molar-refractivity contribution in [1.29, 1.82) is 0 Å². The predicted molar refractivity (Wildman–Crippen MR) is 93.4 cm³/mol. The number of carbonyl (C=O) groups excluding carboxylic acids is 2. The monoisotopic (exact) mass is 337 g/mol. The second-order valence-electron chi connectivity index (χ2n) is 5.14.